The van der Waals surface area contributed by atoms with Gasteiger partial charge in [0.1, 0.15) is 0 Å². The minimum Gasteiger partial charge on any atom is -0.355 e. The number of benzene rings is 1. The third-order valence-corrected chi connectivity index (χ3v) is 3.41. The zero-order valence-electron chi connectivity index (χ0n) is 13.0. The van der Waals surface area contributed by atoms with Gasteiger partial charge in [0.25, 0.3) is 0 Å². The molecule has 0 unspecified atom stereocenters. The number of nitrogens with zero attached hydrogens (tertiary/aromatic N) is 2. The molecule has 108 valence electrons. The summed E-state index contributed by atoms with van der Waals surface area (Å²) in [5.74, 6) is 1.59. The number of hydrogen-bond acceptors (Lipinski definition) is 2. The summed E-state index contributed by atoms with van der Waals surface area (Å²) in [7, 11) is 0. The molecular formula is C17H25N3. The summed E-state index contributed by atoms with van der Waals surface area (Å²) in [5, 5.41) is 3.44. The fourth-order valence-electron chi connectivity index (χ4n) is 2.34. The highest BCUT2D eigenvalue weighted by Gasteiger charge is 2.08. The highest BCUT2D eigenvalue weighted by atomic mass is 15.2. The van der Waals surface area contributed by atoms with Crippen LogP contribution in [0.1, 0.15) is 37.6 Å². The van der Waals surface area contributed by atoms with Gasteiger partial charge in [-0.3, -0.25) is 0 Å². The third-order valence-electron chi connectivity index (χ3n) is 3.41. The number of nitrogens with one attached hydrogen (secondary N) is 1. The Morgan fingerprint density at radius 2 is 1.90 bits per heavy atom. The van der Waals surface area contributed by atoms with Crippen LogP contribution in [0.2, 0.25) is 0 Å². The molecule has 0 atom stereocenters. The lowest BCUT2D eigenvalue weighted by Crippen LogP contribution is -2.13. The quantitative estimate of drug-likeness (QED) is 0.864. The van der Waals surface area contributed by atoms with Crippen LogP contribution in [-0.4, -0.2) is 16.1 Å². The molecule has 3 nitrogen and oxygen atoms in total. The van der Waals surface area contributed by atoms with Gasteiger partial charge in [-0.25, -0.2) is 4.98 Å². The maximum absolute atomic E-state index is 4.59. The Kier molecular flexibility index (Phi) is 4.83. The van der Waals surface area contributed by atoms with Gasteiger partial charge in [0, 0.05) is 12.7 Å². The summed E-state index contributed by atoms with van der Waals surface area (Å²) in [6, 6.07) is 8.64. The minimum atomic E-state index is 0.614. The smallest absolute Gasteiger partial charge is 0.203 e. The molecule has 0 aliphatic carbocycles. The molecule has 0 saturated heterocycles. The van der Waals surface area contributed by atoms with Crippen molar-refractivity contribution in [2.24, 2.45) is 5.92 Å². The van der Waals surface area contributed by atoms with Gasteiger partial charge in [0.15, 0.2) is 0 Å². The number of rotatable bonds is 6. The van der Waals surface area contributed by atoms with E-state index in [1.165, 1.54) is 11.1 Å². The molecule has 1 aromatic carbocycles. The SMILES string of the molecule is CCc1ccccc1Cn1cc(C)nc1NCC(C)C. The van der Waals surface area contributed by atoms with Crippen molar-refractivity contribution in [3.05, 3.63) is 47.3 Å². The molecule has 20 heavy (non-hydrogen) atoms. The van der Waals surface area contributed by atoms with Crippen molar-refractivity contribution in [3.8, 4) is 0 Å². The summed E-state index contributed by atoms with van der Waals surface area (Å²) >= 11 is 0. The van der Waals surface area contributed by atoms with Crippen LogP contribution < -0.4 is 5.32 Å². The third kappa shape index (κ3) is 3.62. The first-order valence-electron chi connectivity index (χ1n) is 7.44. The van der Waals surface area contributed by atoms with Gasteiger partial charge in [-0.15, -0.1) is 0 Å². The average Bonchev–Trinajstić information content (AvgIpc) is 2.77. The lowest BCUT2D eigenvalue weighted by atomic mass is 10.1. The molecule has 1 heterocycles. The standard InChI is InChI=1S/C17H25N3/c1-5-15-8-6-7-9-16(15)12-20-11-14(4)19-17(20)18-10-13(2)3/h6-9,11,13H,5,10,12H2,1-4H3,(H,18,19). The molecule has 0 spiro atoms. The molecule has 1 N–H and O–H groups in total. The summed E-state index contributed by atoms with van der Waals surface area (Å²) in [4.78, 5) is 4.59. The Hall–Kier alpha value is -1.77. The van der Waals surface area contributed by atoms with E-state index in [0.29, 0.717) is 5.92 Å². The summed E-state index contributed by atoms with van der Waals surface area (Å²) in [6.45, 7) is 10.5. The van der Waals surface area contributed by atoms with E-state index < -0.39 is 0 Å². The molecule has 0 saturated carbocycles. The van der Waals surface area contributed by atoms with Crippen LogP contribution in [0.3, 0.4) is 0 Å². The number of aryl methyl sites for hydroxylation is 2. The molecule has 0 aliphatic rings. The predicted molar refractivity (Wildman–Crippen MR) is 85.2 cm³/mol. The van der Waals surface area contributed by atoms with Crippen molar-refractivity contribution in [2.45, 2.75) is 40.7 Å². The van der Waals surface area contributed by atoms with E-state index in [4.69, 9.17) is 0 Å². The number of hydrogen-bond donors (Lipinski definition) is 1. The van der Waals surface area contributed by atoms with Crippen molar-refractivity contribution >= 4 is 5.95 Å². The van der Waals surface area contributed by atoms with E-state index in [2.05, 4.69) is 66.1 Å². The summed E-state index contributed by atoms with van der Waals surface area (Å²) < 4.78 is 2.21. The van der Waals surface area contributed by atoms with E-state index in [0.717, 1.165) is 31.2 Å². The fourth-order valence-corrected chi connectivity index (χ4v) is 2.34. The van der Waals surface area contributed by atoms with E-state index in [9.17, 15) is 0 Å². The van der Waals surface area contributed by atoms with Crippen molar-refractivity contribution in [3.63, 3.8) is 0 Å². The first-order valence-corrected chi connectivity index (χ1v) is 7.44. The monoisotopic (exact) mass is 271 g/mol. The fraction of sp³-hybridized carbons (Fsp3) is 0.471. The van der Waals surface area contributed by atoms with Crippen LogP contribution in [-0.2, 0) is 13.0 Å². The molecule has 0 bridgehead atoms. The normalized spacial score (nSPS) is 11.1. The van der Waals surface area contributed by atoms with E-state index in [1.807, 2.05) is 6.92 Å². The second kappa shape index (κ2) is 6.60. The van der Waals surface area contributed by atoms with Gasteiger partial charge in [-0.2, -0.15) is 0 Å². The molecule has 0 radical (unpaired) electrons. The molecule has 0 fully saturated rings. The van der Waals surface area contributed by atoms with Gasteiger partial charge >= 0.3 is 0 Å². The second-order valence-corrected chi connectivity index (χ2v) is 5.73. The molecule has 0 amide bonds. The van der Waals surface area contributed by atoms with Crippen molar-refractivity contribution in [1.29, 1.82) is 0 Å². The van der Waals surface area contributed by atoms with Crippen LogP contribution >= 0.6 is 0 Å². The van der Waals surface area contributed by atoms with Gasteiger partial charge in [0.2, 0.25) is 5.95 Å². The second-order valence-electron chi connectivity index (χ2n) is 5.73. The van der Waals surface area contributed by atoms with Crippen LogP contribution in [0.5, 0.6) is 0 Å². The summed E-state index contributed by atoms with van der Waals surface area (Å²) in [5.41, 5.74) is 3.85. The first kappa shape index (κ1) is 14.6. The Labute approximate surface area is 122 Å². The van der Waals surface area contributed by atoms with E-state index in [1.54, 1.807) is 0 Å². The molecule has 1 aromatic heterocycles. The van der Waals surface area contributed by atoms with Crippen molar-refractivity contribution in [1.82, 2.24) is 9.55 Å². The van der Waals surface area contributed by atoms with Crippen LogP contribution in [0.4, 0.5) is 5.95 Å². The highest BCUT2D eigenvalue weighted by molar-refractivity contribution is 5.33. The number of anilines is 1. The van der Waals surface area contributed by atoms with Crippen LogP contribution in [0.15, 0.2) is 30.5 Å². The van der Waals surface area contributed by atoms with E-state index >= 15 is 0 Å². The zero-order chi connectivity index (χ0) is 14.5. The lowest BCUT2D eigenvalue weighted by molar-refractivity contribution is 0.676. The maximum Gasteiger partial charge on any atom is 0.203 e. The Balaban J connectivity index is 2.20. The van der Waals surface area contributed by atoms with E-state index in [-0.39, 0.29) is 0 Å². The van der Waals surface area contributed by atoms with Gasteiger partial charge in [0.05, 0.1) is 12.2 Å². The molecule has 2 aromatic rings. The van der Waals surface area contributed by atoms with Gasteiger partial charge in [-0.1, -0.05) is 45.0 Å². The lowest BCUT2D eigenvalue weighted by Gasteiger charge is -2.13. The molecular weight excluding hydrogens is 246 g/mol. The maximum atomic E-state index is 4.59. The zero-order valence-corrected chi connectivity index (χ0v) is 13.0. The highest BCUT2D eigenvalue weighted by Crippen LogP contribution is 2.16. The number of imidazole rings is 1. The average molecular weight is 271 g/mol. The molecule has 2 rings (SSSR count). The topological polar surface area (TPSA) is 29.9 Å². The van der Waals surface area contributed by atoms with Crippen molar-refractivity contribution < 1.29 is 0 Å². The number of aromatic nitrogens is 2. The van der Waals surface area contributed by atoms with Crippen molar-refractivity contribution in [2.75, 3.05) is 11.9 Å². The van der Waals surface area contributed by atoms with Crippen LogP contribution in [0.25, 0.3) is 0 Å². The van der Waals surface area contributed by atoms with Gasteiger partial charge < -0.3 is 9.88 Å². The minimum absolute atomic E-state index is 0.614. The Morgan fingerprint density at radius 3 is 2.55 bits per heavy atom. The predicted octanol–water partition coefficient (Wildman–Crippen LogP) is 3.87. The van der Waals surface area contributed by atoms with Crippen LogP contribution in [0, 0.1) is 12.8 Å². The Morgan fingerprint density at radius 1 is 1.20 bits per heavy atom. The Bertz CT molecular complexity index is 555. The molecule has 3 heteroatoms. The van der Waals surface area contributed by atoms with Gasteiger partial charge in [-0.05, 0) is 30.4 Å². The summed E-state index contributed by atoms with van der Waals surface area (Å²) in [6.07, 6.45) is 3.19. The first-order chi connectivity index (χ1) is 9.60. The largest absolute Gasteiger partial charge is 0.355 e. The molecule has 0 aliphatic heterocycles.